The zero-order valence-corrected chi connectivity index (χ0v) is 11.6. The second-order valence-corrected chi connectivity index (χ2v) is 4.51. The van der Waals surface area contributed by atoms with Gasteiger partial charge in [-0.1, -0.05) is 11.6 Å². The molecule has 0 aliphatic rings. The van der Waals surface area contributed by atoms with Crippen molar-refractivity contribution in [1.29, 1.82) is 0 Å². The fraction of sp³-hybridized carbons (Fsp3) is 0.385. The summed E-state index contributed by atoms with van der Waals surface area (Å²) in [6.45, 7) is 1.65. The predicted molar refractivity (Wildman–Crippen MR) is 71.4 cm³/mol. The fourth-order valence-corrected chi connectivity index (χ4v) is 1.47. The lowest BCUT2D eigenvalue weighted by atomic mass is 10.2. The molecule has 19 heavy (non-hydrogen) atoms. The molecule has 0 bridgehead atoms. The molecule has 0 heterocycles. The molecule has 1 amide bonds. The summed E-state index contributed by atoms with van der Waals surface area (Å²) in [5.41, 5.74) is 0. The number of benzene rings is 1. The van der Waals surface area contributed by atoms with Crippen molar-refractivity contribution in [2.75, 3.05) is 13.7 Å². The van der Waals surface area contributed by atoms with Crippen molar-refractivity contribution in [2.45, 2.75) is 19.4 Å². The van der Waals surface area contributed by atoms with Crippen molar-refractivity contribution in [3.8, 4) is 5.75 Å². The van der Waals surface area contributed by atoms with Gasteiger partial charge < -0.3 is 14.7 Å². The summed E-state index contributed by atoms with van der Waals surface area (Å²) in [6, 6.07) is 5.95. The number of carboxylic acids is 1. The normalized spacial score (nSPS) is 11.7. The zero-order valence-electron chi connectivity index (χ0n) is 10.8. The highest BCUT2D eigenvalue weighted by Gasteiger charge is 2.21. The first kappa shape index (κ1) is 15.3. The topological polar surface area (TPSA) is 66.8 Å². The second kappa shape index (κ2) is 6.99. The van der Waals surface area contributed by atoms with Crippen LogP contribution in [0.15, 0.2) is 24.3 Å². The number of rotatable bonds is 6. The van der Waals surface area contributed by atoms with E-state index in [0.29, 0.717) is 10.8 Å². The number of ether oxygens (including phenoxy) is 1. The summed E-state index contributed by atoms with van der Waals surface area (Å²) in [5.74, 6) is -0.690. The van der Waals surface area contributed by atoms with Crippen LogP contribution in [0.25, 0.3) is 0 Å². The molecular formula is C13H16ClNO4. The Labute approximate surface area is 116 Å². The molecule has 104 valence electrons. The first-order valence-electron chi connectivity index (χ1n) is 5.78. The third-order valence-corrected chi connectivity index (χ3v) is 2.98. The highest BCUT2D eigenvalue weighted by Crippen LogP contribution is 2.15. The predicted octanol–water partition coefficient (Wildman–Crippen LogP) is 2.04. The van der Waals surface area contributed by atoms with Crippen LogP contribution in [0.5, 0.6) is 5.75 Å². The molecule has 5 nitrogen and oxygen atoms in total. The van der Waals surface area contributed by atoms with E-state index in [4.69, 9.17) is 21.4 Å². The van der Waals surface area contributed by atoms with Crippen molar-refractivity contribution in [2.24, 2.45) is 0 Å². The Hall–Kier alpha value is -1.75. The van der Waals surface area contributed by atoms with Gasteiger partial charge in [0.15, 0.2) is 0 Å². The van der Waals surface area contributed by atoms with E-state index in [0.717, 1.165) is 0 Å². The molecule has 0 aromatic heterocycles. The van der Waals surface area contributed by atoms with Crippen LogP contribution in [-0.4, -0.2) is 41.6 Å². The zero-order chi connectivity index (χ0) is 14.4. The smallest absolute Gasteiger partial charge is 0.326 e. The van der Waals surface area contributed by atoms with Gasteiger partial charge in [0, 0.05) is 12.1 Å². The highest BCUT2D eigenvalue weighted by atomic mass is 35.5. The Balaban J connectivity index is 2.38. The van der Waals surface area contributed by atoms with Crippen LogP contribution in [0.2, 0.25) is 5.02 Å². The summed E-state index contributed by atoms with van der Waals surface area (Å²) < 4.78 is 5.37. The van der Waals surface area contributed by atoms with E-state index >= 15 is 0 Å². The van der Waals surface area contributed by atoms with Gasteiger partial charge in [-0.3, -0.25) is 4.79 Å². The molecule has 1 unspecified atom stereocenters. The number of carboxylic acid groups (broad SMARTS) is 1. The second-order valence-electron chi connectivity index (χ2n) is 4.07. The van der Waals surface area contributed by atoms with Crippen LogP contribution in [0.3, 0.4) is 0 Å². The monoisotopic (exact) mass is 285 g/mol. The van der Waals surface area contributed by atoms with Gasteiger partial charge in [0.2, 0.25) is 5.91 Å². The number of hydrogen-bond donors (Lipinski definition) is 1. The summed E-state index contributed by atoms with van der Waals surface area (Å²) in [7, 11) is 1.46. The maximum absolute atomic E-state index is 11.7. The first-order chi connectivity index (χ1) is 8.91. The lowest BCUT2D eigenvalue weighted by molar-refractivity contribution is -0.148. The van der Waals surface area contributed by atoms with Crippen molar-refractivity contribution < 1.29 is 19.4 Å². The van der Waals surface area contributed by atoms with E-state index in [1.54, 1.807) is 24.3 Å². The molecule has 6 heteroatoms. The third kappa shape index (κ3) is 4.79. The SMILES string of the molecule is CC(C(=O)O)N(C)C(=O)CCOc1ccc(Cl)cc1. The number of hydrogen-bond acceptors (Lipinski definition) is 3. The standard InChI is InChI=1S/C13H16ClNO4/c1-9(13(17)18)15(2)12(16)7-8-19-11-5-3-10(14)4-6-11/h3-6,9H,7-8H2,1-2H3,(H,17,18). The van der Waals surface area contributed by atoms with E-state index in [-0.39, 0.29) is 18.9 Å². The fourth-order valence-electron chi connectivity index (χ4n) is 1.35. The minimum atomic E-state index is -1.03. The molecule has 0 saturated carbocycles. The van der Waals surface area contributed by atoms with Gasteiger partial charge in [-0.25, -0.2) is 4.79 Å². The number of nitrogens with zero attached hydrogens (tertiary/aromatic N) is 1. The molecule has 1 aromatic carbocycles. The Bertz CT molecular complexity index is 446. The summed E-state index contributed by atoms with van der Waals surface area (Å²) in [4.78, 5) is 23.6. The lowest BCUT2D eigenvalue weighted by Gasteiger charge is -2.21. The van der Waals surface area contributed by atoms with Gasteiger partial charge in [0.05, 0.1) is 13.0 Å². The van der Waals surface area contributed by atoms with E-state index in [9.17, 15) is 9.59 Å². The molecule has 0 aliphatic carbocycles. The number of amides is 1. The average molecular weight is 286 g/mol. The Morgan fingerprint density at radius 2 is 1.95 bits per heavy atom. The van der Waals surface area contributed by atoms with Crippen LogP contribution < -0.4 is 4.74 Å². The quantitative estimate of drug-likeness (QED) is 0.868. The molecule has 1 atom stereocenters. The van der Waals surface area contributed by atoms with Crippen molar-refractivity contribution >= 4 is 23.5 Å². The summed E-state index contributed by atoms with van der Waals surface area (Å²) in [5, 5.41) is 9.40. The number of aliphatic carboxylic acids is 1. The van der Waals surface area contributed by atoms with Gasteiger partial charge in [-0.2, -0.15) is 0 Å². The average Bonchev–Trinajstić information content (AvgIpc) is 2.39. The minimum absolute atomic E-state index is 0.122. The Morgan fingerprint density at radius 1 is 1.37 bits per heavy atom. The third-order valence-electron chi connectivity index (χ3n) is 2.73. The van der Waals surface area contributed by atoms with E-state index in [1.807, 2.05) is 0 Å². The molecule has 1 aromatic rings. The molecule has 0 spiro atoms. The largest absolute Gasteiger partial charge is 0.493 e. The van der Waals surface area contributed by atoms with Gasteiger partial charge in [0.1, 0.15) is 11.8 Å². The minimum Gasteiger partial charge on any atom is -0.493 e. The van der Waals surface area contributed by atoms with Crippen LogP contribution >= 0.6 is 11.6 Å². The van der Waals surface area contributed by atoms with Crippen LogP contribution in [0.1, 0.15) is 13.3 Å². The highest BCUT2D eigenvalue weighted by molar-refractivity contribution is 6.30. The van der Waals surface area contributed by atoms with Gasteiger partial charge >= 0.3 is 5.97 Å². The molecule has 0 radical (unpaired) electrons. The number of likely N-dealkylation sites (N-methyl/N-ethyl adjacent to an activating group) is 1. The van der Waals surface area contributed by atoms with Crippen LogP contribution in [-0.2, 0) is 9.59 Å². The number of carbonyl (C=O) groups excluding carboxylic acids is 1. The van der Waals surface area contributed by atoms with Crippen LogP contribution in [0, 0.1) is 0 Å². The van der Waals surface area contributed by atoms with E-state index in [2.05, 4.69) is 0 Å². The molecule has 0 saturated heterocycles. The summed E-state index contributed by atoms with van der Waals surface area (Å²) in [6.07, 6.45) is 0.122. The van der Waals surface area contributed by atoms with Crippen molar-refractivity contribution in [3.63, 3.8) is 0 Å². The van der Waals surface area contributed by atoms with E-state index in [1.165, 1.54) is 18.9 Å². The summed E-state index contributed by atoms with van der Waals surface area (Å²) >= 11 is 5.73. The lowest BCUT2D eigenvalue weighted by Crippen LogP contribution is -2.40. The van der Waals surface area contributed by atoms with Crippen molar-refractivity contribution in [3.05, 3.63) is 29.3 Å². The maximum atomic E-state index is 11.7. The molecule has 1 rings (SSSR count). The molecule has 0 fully saturated rings. The first-order valence-corrected chi connectivity index (χ1v) is 6.16. The molecule has 1 N–H and O–H groups in total. The van der Waals surface area contributed by atoms with Crippen LogP contribution in [0.4, 0.5) is 0 Å². The van der Waals surface area contributed by atoms with Gasteiger partial charge in [0.25, 0.3) is 0 Å². The van der Waals surface area contributed by atoms with E-state index < -0.39 is 12.0 Å². The van der Waals surface area contributed by atoms with Gasteiger partial charge in [-0.05, 0) is 31.2 Å². The Kier molecular flexibility index (Phi) is 5.63. The molecular weight excluding hydrogens is 270 g/mol. The maximum Gasteiger partial charge on any atom is 0.326 e. The van der Waals surface area contributed by atoms with Crippen molar-refractivity contribution in [1.82, 2.24) is 4.90 Å². The van der Waals surface area contributed by atoms with Gasteiger partial charge in [-0.15, -0.1) is 0 Å². The number of carbonyl (C=O) groups is 2. The Morgan fingerprint density at radius 3 is 2.47 bits per heavy atom. The molecule has 0 aliphatic heterocycles. The number of halogens is 1.